The second-order valence-corrected chi connectivity index (χ2v) is 2.12. The van der Waals surface area contributed by atoms with E-state index < -0.39 is 29.4 Å². The third-order valence-electron chi connectivity index (χ3n) is 1.31. The van der Waals surface area contributed by atoms with Crippen molar-refractivity contribution in [2.45, 2.75) is 6.43 Å². The summed E-state index contributed by atoms with van der Waals surface area (Å²) in [5, 5.41) is 8.22. The van der Waals surface area contributed by atoms with Gasteiger partial charge in [-0.05, 0) is 6.07 Å². The standard InChI is InChI=1S/C7H2F4N2/c8-5(9)4-1-3(2-12)6(10)13-7(4)11/h1,5H. The Morgan fingerprint density at radius 1 is 1.31 bits per heavy atom. The van der Waals surface area contributed by atoms with Crippen molar-refractivity contribution in [1.29, 1.82) is 5.26 Å². The predicted octanol–water partition coefficient (Wildman–Crippen LogP) is 2.17. The molecule has 2 nitrogen and oxygen atoms in total. The summed E-state index contributed by atoms with van der Waals surface area (Å²) in [6.07, 6.45) is -3.11. The normalized spacial score (nSPS) is 10.2. The largest absolute Gasteiger partial charge is 0.268 e. The number of hydrogen-bond acceptors (Lipinski definition) is 2. The highest BCUT2D eigenvalue weighted by molar-refractivity contribution is 5.31. The second-order valence-electron chi connectivity index (χ2n) is 2.12. The quantitative estimate of drug-likeness (QED) is 0.502. The molecule has 0 saturated carbocycles. The molecular formula is C7H2F4N2. The molecule has 0 aliphatic heterocycles. The van der Waals surface area contributed by atoms with Gasteiger partial charge in [0.05, 0.1) is 5.56 Å². The molecule has 0 aliphatic carbocycles. The van der Waals surface area contributed by atoms with Crippen molar-refractivity contribution in [3.05, 3.63) is 29.1 Å². The van der Waals surface area contributed by atoms with Crippen LogP contribution in [0.1, 0.15) is 17.6 Å². The molecule has 1 heterocycles. The fourth-order valence-corrected chi connectivity index (χ4v) is 0.717. The van der Waals surface area contributed by atoms with Gasteiger partial charge in [-0.1, -0.05) is 0 Å². The minimum atomic E-state index is -3.11. The van der Waals surface area contributed by atoms with Gasteiger partial charge >= 0.3 is 0 Å². The SMILES string of the molecule is N#Cc1cc(C(F)F)c(F)nc1F. The first-order chi connectivity index (χ1) is 6.06. The number of halogens is 4. The molecule has 68 valence electrons. The van der Waals surface area contributed by atoms with Gasteiger partial charge in [-0.2, -0.15) is 19.0 Å². The van der Waals surface area contributed by atoms with Crippen LogP contribution in [0.2, 0.25) is 0 Å². The van der Waals surface area contributed by atoms with E-state index in [1.807, 2.05) is 0 Å². The van der Waals surface area contributed by atoms with Gasteiger partial charge in [0.25, 0.3) is 6.43 Å². The number of nitriles is 1. The fourth-order valence-electron chi connectivity index (χ4n) is 0.717. The summed E-state index contributed by atoms with van der Waals surface area (Å²) in [6.45, 7) is 0. The monoisotopic (exact) mass is 190 g/mol. The molecule has 1 aromatic rings. The van der Waals surface area contributed by atoms with Crippen molar-refractivity contribution < 1.29 is 17.6 Å². The zero-order valence-corrected chi connectivity index (χ0v) is 6.06. The van der Waals surface area contributed by atoms with E-state index in [1.54, 1.807) is 0 Å². The molecule has 0 aliphatic rings. The lowest BCUT2D eigenvalue weighted by Gasteiger charge is -2.00. The third kappa shape index (κ3) is 1.75. The van der Waals surface area contributed by atoms with Gasteiger partial charge in [0.15, 0.2) is 0 Å². The Bertz CT molecular complexity index is 369. The van der Waals surface area contributed by atoms with Crippen LogP contribution in [0, 0.1) is 23.2 Å². The molecular weight excluding hydrogens is 188 g/mol. The van der Waals surface area contributed by atoms with Crippen molar-refractivity contribution in [2.75, 3.05) is 0 Å². The van der Waals surface area contributed by atoms with E-state index in [4.69, 9.17) is 5.26 Å². The Kier molecular flexibility index (Phi) is 2.46. The topological polar surface area (TPSA) is 36.7 Å². The Morgan fingerprint density at radius 2 is 1.92 bits per heavy atom. The van der Waals surface area contributed by atoms with Crippen molar-refractivity contribution in [1.82, 2.24) is 4.98 Å². The van der Waals surface area contributed by atoms with Crippen molar-refractivity contribution in [3.8, 4) is 6.07 Å². The van der Waals surface area contributed by atoms with Crippen LogP contribution in [0.15, 0.2) is 6.07 Å². The molecule has 0 amide bonds. The van der Waals surface area contributed by atoms with Gasteiger partial charge in [-0.25, -0.2) is 8.78 Å². The number of nitrogens with zero attached hydrogens (tertiary/aromatic N) is 2. The lowest BCUT2D eigenvalue weighted by atomic mass is 10.2. The molecule has 0 radical (unpaired) electrons. The molecule has 1 aromatic heterocycles. The smallest absolute Gasteiger partial charge is 0.205 e. The number of pyridine rings is 1. The van der Waals surface area contributed by atoms with E-state index in [2.05, 4.69) is 4.98 Å². The Balaban J connectivity index is 3.33. The summed E-state index contributed by atoms with van der Waals surface area (Å²) in [5.41, 5.74) is -1.77. The molecule has 13 heavy (non-hydrogen) atoms. The summed E-state index contributed by atoms with van der Waals surface area (Å²) in [6, 6.07) is 1.73. The van der Waals surface area contributed by atoms with Crippen LogP contribution in [0.25, 0.3) is 0 Å². The highest BCUT2D eigenvalue weighted by Crippen LogP contribution is 2.22. The van der Waals surface area contributed by atoms with Crippen LogP contribution in [0.4, 0.5) is 17.6 Å². The first kappa shape index (κ1) is 9.45. The van der Waals surface area contributed by atoms with Crippen LogP contribution in [-0.2, 0) is 0 Å². The van der Waals surface area contributed by atoms with Gasteiger partial charge in [0.1, 0.15) is 11.6 Å². The first-order valence-electron chi connectivity index (χ1n) is 3.10. The van der Waals surface area contributed by atoms with E-state index in [-0.39, 0.29) is 0 Å². The van der Waals surface area contributed by atoms with Gasteiger partial charge in [-0.3, -0.25) is 0 Å². The zero-order valence-electron chi connectivity index (χ0n) is 6.06. The molecule has 6 heteroatoms. The van der Waals surface area contributed by atoms with Crippen LogP contribution >= 0.6 is 0 Å². The van der Waals surface area contributed by atoms with Gasteiger partial charge in [-0.15, -0.1) is 0 Å². The minimum Gasteiger partial charge on any atom is -0.205 e. The number of aromatic nitrogens is 1. The third-order valence-corrected chi connectivity index (χ3v) is 1.31. The molecule has 1 rings (SSSR count). The molecule has 0 atom stereocenters. The zero-order chi connectivity index (χ0) is 10.0. The highest BCUT2D eigenvalue weighted by Gasteiger charge is 2.18. The highest BCUT2D eigenvalue weighted by atomic mass is 19.3. The van der Waals surface area contributed by atoms with Crippen LogP contribution in [0.3, 0.4) is 0 Å². The number of alkyl halides is 2. The maximum absolute atomic E-state index is 12.5. The van der Waals surface area contributed by atoms with E-state index in [1.165, 1.54) is 6.07 Å². The summed E-state index contributed by atoms with van der Waals surface area (Å²) in [5.74, 6) is -2.98. The van der Waals surface area contributed by atoms with E-state index in [9.17, 15) is 17.6 Å². The second kappa shape index (κ2) is 3.39. The van der Waals surface area contributed by atoms with Crippen LogP contribution in [0.5, 0.6) is 0 Å². The minimum absolute atomic E-state index is 0.447. The Hall–Kier alpha value is -1.64. The predicted molar refractivity (Wildman–Crippen MR) is 33.8 cm³/mol. The molecule has 0 N–H and O–H groups in total. The van der Waals surface area contributed by atoms with Gasteiger partial charge < -0.3 is 0 Å². The lowest BCUT2D eigenvalue weighted by Crippen LogP contribution is -2.00. The molecule has 0 spiro atoms. The van der Waals surface area contributed by atoms with Crippen molar-refractivity contribution >= 4 is 0 Å². The molecule has 0 saturated heterocycles. The lowest BCUT2D eigenvalue weighted by molar-refractivity contribution is 0.144. The summed E-state index contributed by atoms with van der Waals surface area (Å²) < 4.78 is 48.9. The molecule has 0 fully saturated rings. The van der Waals surface area contributed by atoms with Crippen LogP contribution in [-0.4, -0.2) is 4.98 Å². The van der Waals surface area contributed by atoms with E-state index >= 15 is 0 Å². The van der Waals surface area contributed by atoms with Crippen molar-refractivity contribution in [3.63, 3.8) is 0 Å². The maximum Gasteiger partial charge on any atom is 0.268 e. The van der Waals surface area contributed by atoms with E-state index in [0.29, 0.717) is 6.07 Å². The van der Waals surface area contributed by atoms with Gasteiger partial charge in [0, 0.05) is 0 Å². The Labute approximate surface area is 70.4 Å². The van der Waals surface area contributed by atoms with E-state index in [0.717, 1.165) is 0 Å². The van der Waals surface area contributed by atoms with Gasteiger partial charge in [0.2, 0.25) is 11.9 Å². The average molecular weight is 190 g/mol. The maximum atomic E-state index is 12.5. The fraction of sp³-hybridized carbons (Fsp3) is 0.143. The van der Waals surface area contributed by atoms with Crippen molar-refractivity contribution in [2.24, 2.45) is 0 Å². The van der Waals surface area contributed by atoms with Crippen LogP contribution < -0.4 is 0 Å². The number of hydrogen-bond donors (Lipinski definition) is 0. The summed E-state index contributed by atoms with van der Waals surface area (Å²) >= 11 is 0. The number of rotatable bonds is 1. The molecule has 0 bridgehead atoms. The first-order valence-corrected chi connectivity index (χ1v) is 3.10. The molecule has 0 unspecified atom stereocenters. The Morgan fingerprint density at radius 3 is 2.38 bits per heavy atom. The molecule has 0 aromatic carbocycles. The summed E-state index contributed by atoms with van der Waals surface area (Å²) in [4.78, 5) is 2.53. The average Bonchev–Trinajstić information content (AvgIpc) is 2.03. The summed E-state index contributed by atoms with van der Waals surface area (Å²) in [7, 11) is 0.